The molecule has 1 atom stereocenters. The van der Waals surface area contributed by atoms with E-state index in [0.717, 1.165) is 5.56 Å². The van der Waals surface area contributed by atoms with Crippen LogP contribution in [0.4, 0.5) is 0 Å². The van der Waals surface area contributed by atoms with Gasteiger partial charge in [-0.15, -0.1) is 11.6 Å². The number of alkyl halides is 1. The summed E-state index contributed by atoms with van der Waals surface area (Å²) >= 11 is 5.56. The molecule has 0 radical (unpaired) electrons. The van der Waals surface area contributed by atoms with E-state index in [1.807, 2.05) is 25.1 Å². The predicted octanol–water partition coefficient (Wildman–Crippen LogP) is 2.97. The lowest BCUT2D eigenvalue weighted by atomic mass is 10.0. The van der Waals surface area contributed by atoms with Gasteiger partial charge in [0.05, 0.1) is 6.10 Å². The van der Waals surface area contributed by atoms with Crippen molar-refractivity contribution >= 4 is 11.6 Å². The Morgan fingerprint density at radius 1 is 1.31 bits per heavy atom. The molecule has 1 N–H and O–H groups in total. The molecule has 0 aliphatic carbocycles. The van der Waals surface area contributed by atoms with Gasteiger partial charge in [-0.1, -0.05) is 18.2 Å². The molecule has 0 aliphatic heterocycles. The number of aryl methyl sites for hydroxylation is 2. The minimum Gasteiger partial charge on any atom is -0.388 e. The standard InChI is InChI=1S/C11H15ClO/c1-8-3-4-10(7-9(8)2)11(13)5-6-12/h3-4,7,11,13H,5-6H2,1-2H3. The fourth-order valence-electron chi connectivity index (χ4n) is 1.24. The Labute approximate surface area is 84.4 Å². The van der Waals surface area contributed by atoms with Gasteiger partial charge in [0.25, 0.3) is 0 Å². The molecule has 0 amide bonds. The second kappa shape index (κ2) is 4.64. The van der Waals surface area contributed by atoms with Gasteiger partial charge in [0.1, 0.15) is 0 Å². The fourth-order valence-corrected chi connectivity index (χ4v) is 1.45. The molecular weight excluding hydrogens is 184 g/mol. The summed E-state index contributed by atoms with van der Waals surface area (Å²) < 4.78 is 0. The Kier molecular flexibility index (Phi) is 3.76. The van der Waals surface area contributed by atoms with Crippen LogP contribution in [-0.4, -0.2) is 11.0 Å². The van der Waals surface area contributed by atoms with E-state index in [1.54, 1.807) is 0 Å². The molecule has 2 heteroatoms. The first-order chi connectivity index (χ1) is 6.15. The third kappa shape index (κ3) is 2.71. The van der Waals surface area contributed by atoms with Gasteiger partial charge < -0.3 is 5.11 Å². The minimum atomic E-state index is -0.420. The van der Waals surface area contributed by atoms with Crippen molar-refractivity contribution in [1.82, 2.24) is 0 Å². The van der Waals surface area contributed by atoms with Gasteiger partial charge in [-0.3, -0.25) is 0 Å². The molecule has 1 unspecified atom stereocenters. The van der Waals surface area contributed by atoms with E-state index in [9.17, 15) is 5.11 Å². The molecule has 0 heterocycles. The average Bonchev–Trinajstić information content (AvgIpc) is 2.10. The molecule has 0 fully saturated rings. The van der Waals surface area contributed by atoms with Gasteiger partial charge in [0, 0.05) is 5.88 Å². The Balaban J connectivity index is 2.84. The second-order valence-corrected chi connectivity index (χ2v) is 3.72. The monoisotopic (exact) mass is 198 g/mol. The lowest BCUT2D eigenvalue weighted by molar-refractivity contribution is 0.174. The van der Waals surface area contributed by atoms with Gasteiger partial charge in [0.2, 0.25) is 0 Å². The summed E-state index contributed by atoms with van der Waals surface area (Å²) in [4.78, 5) is 0. The third-order valence-corrected chi connectivity index (χ3v) is 2.52. The van der Waals surface area contributed by atoms with Gasteiger partial charge in [0.15, 0.2) is 0 Å². The van der Waals surface area contributed by atoms with E-state index < -0.39 is 6.10 Å². The summed E-state index contributed by atoms with van der Waals surface area (Å²) in [5.41, 5.74) is 3.43. The highest BCUT2D eigenvalue weighted by Gasteiger charge is 2.06. The van der Waals surface area contributed by atoms with Crippen molar-refractivity contribution in [3.05, 3.63) is 34.9 Å². The molecule has 0 saturated carbocycles. The highest BCUT2D eigenvalue weighted by atomic mass is 35.5. The predicted molar refractivity (Wildman–Crippen MR) is 56.2 cm³/mol. The van der Waals surface area contributed by atoms with Crippen LogP contribution in [0.1, 0.15) is 29.2 Å². The highest BCUT2D eigenvalue weighted by molar-refractivity contribution is 6.17. The van der Waals surface area contributed by atoms with Crippen molar-refractivity contribution in [1.29, 1.82) is 0 Å². The van der Waals surface area contributed by atoms with Crippen molar-refractivity contribution in [2.75, 3.05) is 5.88 Å². The van der Waals surface area contributed by atoms with E-state index in [2.05, 4.69) is 6.92 Å². The van der Waals surface area contributed by atoms with Crippen LogP contribution in [0.3, 0.4) is 0 Å². The fraction of sp³-hybridized carbons (Fsp3) is 0.455. The van der Waals surface area contributed by atoms with Crippen LogP contribution in [0.25, 0.3) is 0 Å². The molecule has 0 saturated heterocycles. The van der Waals surface area contributed by atoms with Crippen LogP contribution < -0.4 is 0 Å². The smallest absolute Gasteiger partial charge is 0.0801 e. The second-order valence-electron chi connectivity index (χ2n) is 3.34. The number of aliphatic hydroxyl groups excluding tert-OH is 1. The summed E-state index contributed by atoms with van der Waals surface area (Å²) in [5.74, 6) is 0.494. The zero-order valence-electron chi connectivity index (χ0n) is 8.05. The maximum atomic E-state index is 9.65. The molecule has 1 aromatic carbocycles. The molecule has 13 heavy (non-hydrogen) atoms. The third-order valence-electron chi connectivity index (χ3n) is 2.30. The maximum Gasteiger partial charge on any atom is 0.0801 e. The molecule has 0 aromatic heterocycles. The summed E-state index contributed by atoms with van der Waals surface area (Å²) in [6.45, 7) is 4.11. The quantitative estimate of drug-likeness (QED) is 0.741. The average molecular weight is 199 g/mol. The summed E-state index contributed by atoms with van der Waals surface area (Å²) in [6.07, 6.45) is 0.196. The van der Waals surface area contributed by atoms with Crippen LogP contribution in [0.2, 0.25) is 0 Å². The Hall–Kier alpha value is -0.530. The molecule has 1 nitrogen and oxygen atoms in total. The van der Waals surface area contributed by atoms with Crippen LogP contribution in [0.5, 0.6) is 0 Å². The molecule has 0 aliphatic rings. The SMILES string of the molecule is Cc1ccc(C(O)CCCl)cc1C. The van der Waals surface area contributed by atoms with Crippen LogP contribution in [0, 0.1) is 13.8 Å². The van der Waals surface area contributed by atoms with Gasteiger partial charge in [-0.2, -0.15) is 0 Å². The van der Waals surface area contributed by atoms with Crippen LogP contribution in [0.15, 0.2) is 18.2 Å². The summed E-state index contributed by atoms with van der Waals surface area (Å²) in [7, 11) is 0. The first kappa shape index (κ1) is 10.6. The van der Waals surface area contributed by atoms with Gasteiger partial charge in [-0.05, 0) is 37.0 Å². The maximum absolute atomic E-state index is 9.65. The topological polar surface area (TPSA) is 20.2 Å². The largest absolute Gasteiger partial charge is 0.388 e. The molecule has 0 bridgehead atoms. The zero-order valence-corrected chi connectivity index (χ0v) is 8.80. The zero-order chi connectivity index (χ0) is 9.84. The van der Waals surface area contributed by atoms with Crippen molar-refractivity contribution in [3.8, 4) is 0 Å². The minimum absolute atomic E-state index is 0.420. The normalized spacial score (nSPS) is 12.9. The Morgan fingerprint density at radius 3 is 2.54 bits per heavy atom. The van der Waals surface area contributed by atoms with E-state index in [1.165, 1.54) is 11.1 Å². The van der Waals surface area contributed by atoms with Crippen LogP contribution >= 0.6 is 11.6 Å². The summed E-state index contributed by atoms with van der Waals surface area (Å²) in [5, 5.41) is 9.65. The van der Waals surface area contributed by atoms with Crippen molar-refractivity contribution in [2.24, 2.45) is 0 Å². The van der Waals surface area contributed by atoms with Gasteiger partial charge >= 0.3 is 0 Å². The summed E-state index contributed by atoms with van der Waals surface area (Å²) in [6, 6.07) is 6.01. The van der Waals surface area contributed by atoms with E-state index in [0.29, 0.717) is 12.3 Å². The molecule has 1 rings (SSSR count). The van der Waals surface area contributed by atoms with Crippen LogP contribution in [-0.2, 0) is 0 Å². The van der Waals surface area contributed by atoms with E-state index in [-0.39, 0.29) is 0 Å². The molecule has 72 valence electrons. The molecular formula is C11H15ClO. The van der Waals surface area contributed by atoms with E-state index >= 15 is 0 Å². The first-order valence-corrected chi connectivity index (χ1v) is 4.99. The Bertz CT molecular complexity index is 283. The molecule has 1 aromatic rings. The number of aliphatic hydroxyl groups is 1. The lowest BCUT2D eigenvalue weighted by Gasteiger charge is -2.10. The van der Waals surface area contributed by atoms with Crippen molar-refractivity contribution < 1.29 is 5.11 Å². The van der Waals surface area contributed by atoms with E-state index in [4.69, 9.17) is 11.6 Å². The number of halogens is 1. The first-order valence-electron chi connectivity index (χ1n) is 4.46. The number of hydrogen-bond donors (Lipinski definition) is 1. The van der Waals surface area contributed by atoms with Crippen molar-refractivity contribution in [2.45, 2.75) is 26.4 Å². The number of hydrogen-bond acceptors (Lipinski definition) is 1. The van der Waals surface area contributed by atoms with Gasteiger partial charge in [-0.25, -0.2) is 0 Å². The lowest BCUT2D eigenvalue weighted by Crippen LogP contribution is -1.98. The molecule has 0 spiro atoms. The van der Waals surface area contributed by atoms with Crippen molar-refractivity contribution in [3.63, 3.8) is 0 Å². The highest BCUT2D eigenvalue weighted by Crippen LogP contribution is 2.19. The Morgan fingerprint density at radius 2 is 2.00 bits per heavy atom. The number of rotatable bonds is 3. The number of benzene rings is 1.